The van der Waals surface area contributed by atoms with E-state index in [1.54, 1.807) is 0 Å². The first-order valence-corrected chi connectivity index (χ1v) is 14.5. The van der Waals surface area contributed by atoms with Crippen LogP contribution in [0.2, 0.25) is 0 Å². The lowest BCUT2D eigenvalue weighted by Gasteiger charge is -2.37. The molecule has 5 heteroatoms. The molecule has 1 aromatic heterocycles. The predicted octanol–water partition coefficient (Wildman–Crippen LogP) is 5.58. The maximum absolute atomic E-state index is 13.4. The van der Waals surface area contributed by atoms with Crippen LogP contribution in [-0.2, 0) is 30.5 Å². The predicted molar refractivity (Wildman–Crippen MR) is 157 cm³/mol. The van der Waals surface area contributed by atoms with Gasteiger partial charge in [-0.25, -0.2) is 0 Å². The van der Waals surface area contributed by atoms with E-state index >= 15 is 0 Å². The maximum Gasteiger partial charge on any atom is 0.224 e. The Balaban J connectivity index is 1.07. The highest BCUT2D eigenvalue weighted by Gasteiger charge is 2.32. The lowest BCUT2D eigenvalue weighted by atomic mass is 9.88. The van der Waals surface area contributed by atoms with Gasteiger partial charge in [0.05, 0.1) is 12.5 Å². The largest absolute Gasteiger partial charge is 0.493 e. The van der Waals surface area contributed by atoms with Gasteiger partial charge in [0.15, 0.2) is 0 Å². The van der Waals surface area contributed by atoms with Crippen molar-refractivity contribution in [2.24, 2.45) is 11.8 Å². The molecule has 5 nitrogen and oxygen atoms in total. The molecule has 0 radical (unpaired) electrons. The summed E-state index contributed by atoms with van der Waals surface area (Å²) in [5, 5.41) is 4.49. The molecule has 202 valence electrons. The number of piperidine rings is 1. The van der Waals surface area contributed by atoms with Gasteiger partial charge in [-0.05, 0) is 79.0 Å². The Hall–Kier alpha value is -3.57. The summed E-state index contributed by atoms with van der Waals surface area (Å²) in [4.78, 5) is 19.2. The number of carbonyl (C=O) groups is 1. The van der Waals surface area contributed by atoms with E-state index in [1.165, 1.54) is 40.5 Å². The molecule has 39 heavy (non-hydrogen) atoms. The van der Waals surface area contributed by atoms with Crippen molar-refractivity contribution in [3.05, 3.63) is 101 Å². The Morgan fingerprint density at radius 3 is 2.72 bits per heavy atom. The number of likely N-dealkylation sites (tertiary alicyclic amines) is 1. The number of aryl methyl sites for hydroxylation is 2. The molecule has 2 aliphatic rings. The number of aromatic amines is 1. The van der Waals surface area contributed by atoms with Crippen molar-refractivity contribution in [2.45, 2.75) is 38.5 Å². The Morgan fingerprint density at radius 1 is 0.949 bits per heavy atom. The molecule has 2 N–H and O–H groups in total. The summed E-state index contributed by atoms with van der Waals surface area (Å²) in [7, 11) is 0. The zero-order valence-corrected chi connectivity index (χ0v) is 22.7. The highest BCUT2D eigenvalue weighted by Crippen LogP contribution is 2.28. The fourth-order valence-corrected chi connectivity index (χ4v) is 6.38. The van der Waals surface area contributed by atoms with Crippen molar-refractivity contribution >= 4 is 16.8 Å². The van der Waals surface area contributed by atoms with Gasteiger partial charge in [0, 0.05) is 49.2 Å². The Bertz CT molecular complexity index is 1400. The molecule has 1 aliphatic carbocycles. The minimum Gasteiger partial charge on any atom is -0.493 e. The third-order valence-electron chi connectivity index (χ3n) is 8.47. The standard InChI is InChI=1S/C34H39N3O2/c38-34(35-17-15-29-21-36-33-12-5-4-11-32(29)33)30-19-26(22-37(23-30)18-16-25-7-2-1-3-8-25)24-39-31-14-13-27-9-6-10-28(27)20-31/h1-5,7-8,11-14,20-21,26,30,36H,6,9-10,15-19,22-24H2,(H,35,38)/t26-,30+/m0/s1. The molecule has 0 spiro atoms. The normalized spacial score (nSPS) is 19.2. The van der Waals surface area contributed by atoms with E-state index in [4.69, 9.17) is 4.74 Å². The molecule has 1 amide bonds. The highest BCUT2D eigenvalue weighted by atomic mass is 16.5. The highest BCUT2D eigenvalue weighted by molar-refractivity contribution is 5.83. The van der Waals surface area contributed by atoms with Crippen LogP contribution in [0.1, 0.15) is 35.1 Å². The van der Waals surface area contributed by atoms with Gasteiger partial charge in [-0.2, -0.15) is 0 Å². The fourth-order valence-electron chi connectivity index (χ4n) is 6.38. The van der Waals surface area contributed by atoms with Crippen LogP contribution in [0.25, 0.3) is 10.9 Å². The van der Waals surface area contributed by atoms with Crippen LogP contribution < -0.4 is 10.1 Å². The molecule has 4 aromatic rings. The van der Waals surface area contributed by atoms with Crippen LogP contribution >= 0.6 is 0 Å². The number of aromatic nitrogens is 1. The Labute approximate surface area is 231 Å². The van der Waals surface area contributed by atoms with Crippen LogP contribution in [-0.4, -0.2) is 48.6 Å². The Kier molecular flexibility index (Phi) is 7.96. The lowest BCUT2D eigenvalue weighted by molar-refractivity contribution is -0.127. The first kappa shape index (κ1) is 25.7. The van der Waals surface area contributed by atoms with Gasteiger partial charge in [0.1, 0.15) is 5.75 Å². The lowest BCUT2D eigenvalue weighted by Crippen LogP contribution is -2.48. The SMILES string of the molecule is O=C(NCCc1c[nH]c2ccccc12)[C@@H]1C[C@H](COc2ccc3c(c2)CCC3)CN(CCc2ccccc2)C1. The summed E-state index contributed by atoms with van der Waals surface area (Å²) in [6, 6.07) is 25.6. The zero-order valence-electron chi connectivity index (χ0n) is 22.7. The number of hydrogen-bond donors (Lipinski definition) is 2. The molecule has 0 unspecified atom stereocenters. The summed E-state index contributed by atoms with van der Waals surface area (Å²) in [5.41, 5.74) is 6.64. The number of nitrogens with zero attached hydrogens (tertiary/aromatic N) is 1. The number of hydrogen-bond acceptors (Lipinski definition) is 3. The summed E-state index contributed by atoms with van der Waals surface area (Å²) < 4.78 is 6.32. The van der Waals surface area contributed by atoms with Crippen LogP contribution in [0.15, 0.2) is 79.0 Å². The molecule has 3 aromatic carbocycles. The van der Waals surface area contributed by atoms with E-state index in [0.29, 0.717) is 19.1 Å². The van der Waals surface area contributed by atoms with Crippen molar-refractivity contribution in [2.75, 3.05) is 32.8 Å². The molecule has 2 atom stereocenters. The number of ether oxygens (including phenoxy) is 1. The second-order valence-corrected chi connectivity index (χ2v) is 11.3. The third kappa shape index (κ3) is 6.36. The minimum absolute atomic E-state index is 0.0221. The molecule has 1 aliphatic heterocycles. The van der Waals surface area contributed by atoms with Crippen LogP contribution in [0.5, 0.6) is 5.75 Å². The number of benzene rings is 3. The van der Waals surface area contributed by atoms with E-state index in [9.17, 15) is 4.79 Å². The topological polar surface area (TPSA) is 57.4 Å². The molecule has 0 bridgehead atoms. The fraction of sp³-hybridized carbons (Fsp3) is 0.382. The summed E-state index contributed by atoms with van der Waals surface area (Å²) in [6.07, 6.45) is 8.34. The summed E-state index contributed by atoms with van der Waals surface area (Å²) >= 11 is 0. The number of H-pyrrole nitrogens is 1. The monoisotopic (exact) mass is 521 g/mol. The first-order valence-electron chi connectivity index (χ1n) is 14.5. The minimum atomic E-state index is -0.0221. The number of rotatable bonds is 10. The average molecular weight is 522 g/mol. The van der Waals surface area contributed by atoms with Crippen LogP contribution in [0.4, 0.5) is 0 Å². The van der Waals surface area contributed by atoms with Gasteiger partial charge >= 0.3 is 0 Å². The van der Waals surface area contributed by atoms with Gasteiger partial charge in [0.2, 0.25) is 5.91 Å². The van der Waals surface area contributed by atoms with E-state index in [-0.39, 0.29) is 11.8 Å². The van der Waals surface area contributed by atoms with Gasteiger partial charge in [-0.1, -0.05) is 54.6 Å². The van der Waals surface area contributed by atoms with Crippen molar-refractivity contribution < 1.29 is 9.53 Å². The quantitative estimate of drug-likeness (QED) is 0.287. The van der Waals surface area contributed by atoms with E-state index in [1.807, 2.05) is 6.07 Å². The van der Waals surface area contributed by atoms with Crippen LogP contribution in [0, 0.1) is 11.8 Å². The molecule has 1 saturated heterocycles. The number of nitrogens with one attached hydrogen (secondary N) is 2. The van der Waals surface area contributed by atoms with Crippen molar-refractivity contribution in [1.82, 2.24) is 15.2 Å². The van der Waals surface area contributed by atoms with Gasteiger partial charge in [-0.3, -0.25) is 4.79 Å². The molecule has 0 saturated carbocycles. The van der Waals surface area contributed by atoms with Crippen molar-refractivity contribution in [1.29, 1.82) is 0 Å². The van der Waals surface area contributed by atoms with Crippen molar-refractivity contribution in [3.63, 3.8) is 0 Å². The number of fused-ring (bicyclic) bond motifs is 2. The van der Waals surface area contributed by atoms with Crippen LogP contribution in [0.3, 0.4) is 0 Å². The second-order valence-electron chi connectivity index (χ2n) is 11.3. The third-order valence-corrected chi connectivity index (χ3v) is 8.47. The number of amides is 1. The van der Waals surface area contributed by atoms with Gasteiger partial charge < -0.3 is 19.9 Å². The second kappa shape index (κ2) is 12.1. The van der Waals surface area contributed by atoms with Gasteiger partial charge in [-0.15, -0.1) is 0 Å². The number of carbonyl (C=O) groups excluding carboxylic acids is 1. The van der Waals surface area contributed by atoms with E-state index < -0.39 is 0 Å². The molecular formula is C34H39N3O2. The Morgan fingerprint density at radius 2 is 1.79 bits per heavy atom. The summed E-state index contributed by atoms with van der Waals surface area (Å²) in [6.45, 7) is 4.04. The molecule has 2 heterocycles. The first-order chi connectivity index (χ1) is 19.2. The number of para-hydroxylation sites is 1. The average Bonchev–Trinajstić information content (AvgIpc) is 3.62. The zero-order chi connectivity index (χ0) is 26.4. The molecule has 6 rings (SSSR count). The smallest absolute Gasteiger partial charge is 0.224 e. The maximum atomic E-state index is 13.4. The molecular weight excluding hydrogens is 482 g/mol. The van der Waals surface area contributed by atoms with E-state index in [2.05, 4.69) is 88.1 Å². The molecule has 1 fully saturated rings. The van der Waals surface area contributed by atoms with Gasteiger partial charge in [0.25, 0.3) is 0 Å². The summed E-state index contributed by atoms with van der Waals surface area (Å²) in [5.74, 6) is 1.44. The van der Waals surface area contributed by atoms with Crippen molar-refractivity contribution in [3.8, 4) is 5.75 Å². The van der Waals surface area contributed by atoms with E-state index in [0.717, 1.165) is 56.6 Å².